The van der Waals surface area contributed by atoms with E-state index in [0.29, 0.717) is 11.6 Å². The number of nitrogens with one attached hydrogen (secondary N) is 1. The summed E-state index contributed by atoms with van der Waals surface area (Å²) in [4.78, 5) is 18.5. The molecule has 0 aromatic carbocycles. The maximum atomic E-state index is 12.0. The van der Waals surface area contributed by atoms with Crippen molar-refractivity contribution in [1.82, 2.24) is 10.3 Å². The van der Waals surface area contributed by atoms with Crippen LogP contribution in [0.3, 0.4) is 0 Å². The summed E-state index contributed by atoms with van der Waals surface area (Å²) in [5.74, 6) is 1.26. The van der Waals surface area contributed by atoms with Crippen LogP contribution in [0.5, 0.6) is 0 Å². The molecule has 3 rings (SSSR count). The fourth-order valence-corrected chi connectivity index (χ4v) is 2.56. The molecule has 0 atom stereocenters. The Morgan fingerprint density at radius 1 is 1.30 bits per heavy atom. The second-order valence-electron chi connectivity index (χ2n) is 5.56. The summed E-state index contributed by atoms with van der Waals surface area (Å²) in [5, 5.41) is 11.8. The number of carbonyl (C=O) groups is 1. The van der Waals surface area contributed by atoms with Crippen molar-refractivity contribution in [2.75, 3.05) is 18.0 Å². The van der Waals surface area contributed by atoms with Crippen LogP contribution >= 0.6 is 0 Å². The van der Waals surface area contributed by atoms with Gasteiger partial charge in [-0.25, -0.2) is 4.98 Å². The minimum absolute atomic E-state index is 0.144. The van der Waals surface area contributed by atoms with Gasteiger partial charge in [-0.2, -0.15) is 5.26 Å². The van der Waals surface area contributed by atoms with Crippen molar-refractivity contribution in [2.45, 2.75) is 31.7 Å². The van der Waals surface area contributed by atoms with Crippen LogP contribution in [0.2, 0.25) is 0 Å². The molecule has 5 heteroatoms. The van der Waals surface area contributed by atoms with Gasteiger partial charge in [-0.1, -0.05) is 0 Å². The Morgan fingerprint density at radius 2 is 2.05 bits per heavy atom. The molecule has 2 fully saturated rings. The predicted octanol–water partition coefficient (Wildman–Crippen LogP) is 1.45. The van der Waals surface area contributed by atoms with Crippen molar-refractivity contribution in [3.05, 3.63) is 23.9 Å². The fourth-order valence-electron chi connectivity index (χ4n) is 2.56. The summed E-state index contributed by atoms with van der Waals surface area (Å²) < 4.78 is 0. The molecule has 2 heterocycles. The van der Waals surface area contributed by atoms with Gasteiger partial charge in [0.05, 0.1) is 5.56 Å². The van der Waals surface area contributed by atoms with Crippen LogP contribution in [0.25, 0.3) is 0 Å². The first-order valence-corrected chi connectivity index (χ1v) is 7.18. The van der Waals surface area contributed by atoms with E-state index in [2.05, 4.69) is 21.3 Å². The zero-order chi connectivity index (χ0) is 13.9. The Hall–Kier alpha value is -2.09. The number of amides is 1. The summed E-state index contributed by atoms with van der Waals surface area (Å²) in [5.41, 5.74) is 0.576. The lowest BCUT2D eigenvalue weighted by Gasteiger charge is -2.32. The van der Waals surface area contributed by atoms with Crippen molar-refractivity contribution in [2.24, 2.45) is 5.92 Å². The minimum atomic E-state index is 0.144. The van der Waals surface area contributed by atoms with E-state index in [1.807, 2.05) is 6.07 Å². The van der Waals surface area contributed by atoms with Gasteiger partial charge in [0.15, 0.2) is 0 Å². The average molecular weight is 270 g/mol. The molecule has 1 N–H and O–H groups in total. The Labute approximate surface area is 118 Å². The Morgan fingerprint density at radius 3 is 2.60 bits per heavy atom. The molecule has 0 radical (unpaired) electrons. The zero-order valence-corrected chi connectivity index (χ0v) is 11.4. The van der Waals surface area contributed by atoms with Crippen LogP contribution in [-0.2, 0) is 4.79 Å². The van der Waals surface area contributed by atoms with Gasteiger partial charge >= 0.3 is 0 Å². The molecule has 0 spiro atoms. The molecule has 1 aromatic heterocycles. The monoisotopic (exact) mass is 270 g/mol. The first-order chi connectivity index (χ1) is 9.76. The van der Waals surface area contributed by atoms with Crippen molar-refractivity contribution in [3.63, 3.8) is 0 Å². The van der Waals surface area contributed by atoms with E-state index in [-0.39, 0.29) is 11.8 Å². The largest absolute Gasteiger partial charge is 0.357 e. The van der Waals surface area contributed by atoms with E-state index in [1.165, 1.54) is 0 Å². The highest BCUT2D eigenvalue weighted by atomic mass is 16.2. The van der Waals surface area contributed by atoms with Crippen molar-refractivity contribution < 1.29 is 4.79 Å². The smallest absolute Gasteiger partial charge is 0.223 e. The second kappa shape index (κ2) is 5.49. The van der Waals surface area contributed by atoms with Gasteiger partial charge in [0.2, 0.25) is 5.91 Å². The van der Waals surface area contributed by atoms with Gasteiger partial charge in [0.1, 0.15) is 11.9 Å². The molecule has 20 heavy (non-hydrogen) atoms. The highest BCUT2D eigenvalue weighted by Crippen LogP contribution is 2.24. The van der Waals surface area contributed by atoms with Gasteiger partial charge in [-0.05, 0) is 37.8 Å². The van der Waals surface area contributed by atoms with Crippen LogP contribution in [0, 0.1) is 17.2 Å². The molecule has 0 bridgehead atoms. The van der Waals surface area contributed by atoms with Crippen LogP contribution < -0.4 is 10.2 Å². The molecule has 5 nitrogen and oxygen atoms in total. The highest BCUT2D eigenvalue weighted by molar-refractivity contribution is 5.79. The van der Waals surface area contributed by atoms with Gasteiger partial charge < -0.3 is 10.2 Å². The molecular weight excluding hydrogens is 252 g/mol. The summed E-state index contributed by atoms with van der Waals surface area (Å²) in [6.07, 6.45) is 5.63. The van der Waals surface area contributed by atoms with Gasteiger partial charge in [-0.3, -0.25) is 4.79 Å². The molecule has 1 amide bonds. The van der Waals surface area contributed by atoms with Crippen LogP contribution in [-0.4, -0.2) is 30.0 Å². The zero-order valence-electron chi connectivity index (χ0n) is 11.4. The third-order valence-corrected chi connectivity index (χ3v) is 3.99. The normalized spacial score (nSPS) is 19.4. The number of nitrogens with zero attached hydrogens (tertiary/aromatic N) is 3. The summed E-state index contributed by atoms with van der Waals surface area (Å²) >= 11 is 0. The number of nitriles is 1. The van der Waals surface area contributed by atoms with Gasteiger partial charge in [-0.15, -0.1) is 0 Å². The molecule has 0 unspecified atom stereocenters. The predicted molar refractivity (Wildman–Crippen MR) is 75.1 cm³/mol. The number of anilines is 1. The first kappa shape index (κ1) is 12.9. The lowest BCUT2D eigenvalue weighted by Crippen LogP contribution is -2.41. The van der Waals surface area contributed by atoms with Crippen molar-refractivity contribution in [3.8, 4) is 6.07 Å². The van der Waals surface area contributed by atoms with E-state index in [9.17, 15) is 4.79 Å². The number of rotatable bonds is 3. The van der Waals surface area contributed by atoms with Crippen molar-refractivity contribution >= 4 is 11.7 Å². The number of piperidine rings is 1. The summed E-state index contributed by atoms with van der Waals surface area (Å²) in [6.45, 7) is 1.70. The molecule has 1 saturated heterocycles. The van der Waals surface area contributed by atoms with Crippen LogP contribution in [0.15, 0.2) is 18.3 Å². The third-order valence-electron chi connectivity index (χ3n) is 3.99. The summed E-state index contributed by atoms with van der Waals surface area (Å²) in [6, 6.07) is 6.18. The average Bonchev–Trinajstić information content (AvgIpc) is 3.31. The second-order valence-corrected chi connectivity index (χ2v) is 5.56. The van der Waals surface area contributed by atoms with Gasteiger partial charge in [0.25, 0.3) is 0 Å². The Kier molecular flexibility index (Phi) is 3.55. The third kappa shape index (κ3) is 2.90. The Balaban J connectivity index is 1.54. The first-order valence-electron chi connectivity index (χ1n) is 7.18. The lowest BCUT2D eigenvalue weighted by atomic mass is 9.96. The Bertz CT molecular complexity index is 522. The topological polar surface area (TPSA) is 69.0 Å². The van der Waals surface area contributed by atoms with Crippen LogP contribution in [0.4, 0.5) is 5.82 Å². The van der Waals surface area contributed by atoms with E-state index in [4.69, 9.17) is 5.26 Å². The standard InChI is InChI=1S/C15H18N4O/c16-9-11-1-4-14(17-10-11)19-7-5-12(6-8-19)15(20)18-13-2-3-13/h1,4,10,12-13H,2-3,5-8H2,(H,18,20). The fraction of sp³-hybridized carbons (Fsp3) is 0.533. The molecule has 1 aliphatic heterocycles. The summed E-state index contributed by atoms with van der Waals surface area (Å²) in [7, 11) is 0. The lowest BCUT2D eigenvalue weighted by molar-refractivity contribution is -0.125. The number of pyridine rings is 1. The highest BCUT2D eigenvalue weighted by Gasteiger charge is 2.30. The number of aromatic nitrogens is 1. The van der Waals surface area contributed by atoms with E-state index < -0.39 is 0 Å². The molecule has 1 saturated carbocycles. The number of hydrogen-bond donors (Lipinski definition) is 1. The van der Waals surface area contributed by atoms with Gasteiger partial charge in [0, 0.05) is 31.2 Å². The molecule has 2 aliphatic rings. The molecule has 104 valence electrons. The number of carbonyl (C=O) groups excluding carboxylic acids is 1. The molecule has 1 aliphatic carbocycles. The van der Waals surface area contributed by atoms with Crippen molar-refractivity contribution in [1.29, 1.82) is 5.26 Å². The van der Waals surface area contributed by atoms with E-state index in [1.54, 1.807) is 12.3 Å². The van der Waals surface area contributed by atoms with E-state index >= 15 is 0 Å². The number of hydrogen-bond acceptors (Lipinski definition) is 4. The maximum Gasteiger partial charge on any atom is 0.223 e. The SMILES string of the molecule is N#Cc1ccc(N2CCC(C(=O)NC3CC3)CC2)nc1. The maximum absolute atomic E-state index is 12.0. The molecule has 1 aromatic rings. The minimum Gasteiger partial charge on any atom is -0.357 e. The quantitative estimate of drug-likeness (QED) is 0.902. The van der Waals surface area contributed by atoms with E-state index in [0.717, 1.165) is 44.6 Å². The molecular formula is C15H18N4O. The van der Waals surface area contributed by atoms with Crippen LogP contribution in [0.1, 0.15) is 31.2 Å².